The Morgan fingerprint density at radius 2 is 1.52 bits per heavy atom. The van der Waals surface area contributed by atoms with Crippen molar-refractivity contribution in [3.05, 3.63) is 108 Å². The number of rotatable bonds is 5. The van der Waals surface area contributed by atoms with Gasteiger partial charge in [0.25, 0.3) is 0 Å². The number of carbonyl (C=O) groups excluding carboxylic acids is 1. The number of hydrogen-bond donors (Lipinski definition) is 0. The highest BCUT2D eigenvalue weighted by atomic mass is 19.2. The van der Waals surface area contributed by atoms with E-state index >= 15 is 0 Å². The molecule has 5 rings (SSSR count). The molecule has 0 fully saturated rings. The Kier molecular flexibility index (Phi) is 5.26. The Morgan fingerprint density at radius 3 is 2.21 bits per heavy atom. The van der Waals surface area contributed by atoms with Gasteiger partial charge in [0.15, 0.2) is 23.2 Å². The van der Waals surface area contributed by atoms with Crippen molar-refractivity contribution in [1.82, 2.24) is 14.5 Å². The molecule has 3 aromatic rings. The van der Waals surface area contributed by atoms with Gasteiger partial charge in [-0.05, 0) is 41.8 Å². The van der Waals surface area contributed by atoms with Crippen molar-refractivity contribution in [2.45, 2.75) is 13.5 Å². The minimum absolute atomic E-state index is 0.0460. The van der Waals surface area contributed by atoms with Gasteiger partial charge < -0.3 is 4.57 Å². The number of nitrogens with zero attached hydrogens (tertiary/aromatic N) is 3. The van der Waals surface area contributed by atoms with Crippen molar-refractivity contribution in [3.8, 4) is 33.9 Å². The highest BCUT2D eigenvalue weighted by Gasteiger charge is 2.17. The molecule has 162 valence electrons. The number of pyridine rings is 1. The number of Topliss-reactive ketones (excluding diaryl/α,β-unsaturated/α-hetero) is 1. The Balaban J connectivity index is 1.36. The molecule has 0 atom stereocenters. The maximum Gasteiger partial charge on any atom is 0.169 e. The minimum atomic E-state index is -0.947. The zero-order valence-electron chi connectivity index (χ0n) is 17.8. The second-order valence-electron chi connectivity index (χ2n) is 7.87. The number of hydrogen-bond acceptors (Lipinski definition) is 3. The number of benzene rings is 3. The van der Waals surface area contributed by atoms with Crippen LogP contribution in [0.4, 0.5) is 8.78 Å². The summed E-state index contributed by atoms with van der Waals surface area (Å²) in [4.78, 5) is 20.2. The molecule has 0 amide bonds. The van der Waals surface area contributed by atoms with E-state index in [1.165, 1.54) is 12.1 Å². The second kappa shape index (κ2) is 8.39. The van der Waals surface area contributed by atoms with E-state index in [0.29, 0.717) is 23.5 Å². The predicted octanol–water partition coefficient (Wildman–Crippen LogP) is 6.25. The predicted molar refractivity (Wildman–Crippen MR) is 123 cm³/mol. The van der Waals surface area contributed by atoms with E-state index in [2.05, 4.69) is 22.1 Å². The van der Waals surface area contributed by atoms with E-state index in [1.807, 2.05) is 59.4 Å². The van der Waals surface area contributed by atoms with Gasteiger partial charge in [0.05, 0.1) is 11.3 Å². The van der Waals surface area contributed by atoms with Crippen molar-refractivity contribution >= 4 is 5.78 Å². The van der Waals surface area contributed by atoms with Gasteiger partial charge in [0.1, 0.15) is 5.69 Å². The number of halogens is 2. The Bertz CT molecular complexity index is 1420. The Morgan fingerprint density at radius 1 is 0.848 bits per heavy atom. The number of imidazole rings is 1. The average molecular weight is 439 g/mol. The summed E-state index contributed by atoms with van der Waals surface area (Å²) >= 11 is 0. The first kappa shape index (κ1) is 20.7. The van der Waals surface area contributed by atoms with Crippen LogP contribution in [0.5, 0.6) is 0 Å². The fourth-order valence-electron chi connectivity index (χ4n) is 3.76. The van der Waals surface area contributed by atoms with Crippen LogP contribution in [0.2, 0.25) is 0 Å². The van der Waals surface area contributed by atoms with Crippen molar-refractivity contribution in [2.75, 3.05) is 0 Å². The standard InChI is InChI=1S/C27H19F2N3O/c1-17(33)19-9-11-21(12-10-19)20-7-5-18(6-8-20)15-32-14-13-24-25(16-32)31-27(30-24)22-3-2-4-23(28)26(22)29/h2-14,16H,15H2,1H3. The van der Waals surface area contributed by atoms with Gasteiger partial charge in [0, 0.05) is 24.5 Å². The third kappa shape index (κ3) is 4.15. The fourth-order valence-corrected chi connectivity index (χ4v) is 3.76. The first-order valence-corrected chi connectivity index (χ1v) is 10.5. The molecule has 0 bridgehead atoms. The highest BCUT2D eigenvalue weighted by molar-refractivity contribution is 5.94. The first-order valence-electron chi connectivity index (χ1n) is 10.5. The molecule has 0 saturated carbocycles. The molecule has 6 heteroatoms. The lowest BCUT2D eigenvalue weighted by molar-refractivity contribution is 0.101. The third-order valence-corrected chi connectivity index (χ3v) is 5.56. The zero-order chi connectivity index (χ0) is 22.9. The van der Waals surface area contributed by atoms with E-state index in [-0.39, 0.29) is 17.2 Å². The largest absolute Gasteiger partial charge is 0.348 e. The van der Waals surface area contributed by atoms with Gasteiger partial charge in [-0.25, -0.2) is 18.7 Å². The Labute approximate surface area is 189 Å². The molecule has 4 nitrogen and oxygen atoms in total. The van der Waals surface area contributed by atoms with E-state index in [4.69, 9.17) is 0 Å². The number of ketones is 1. The highest BCUT2D eigenvalue weighted by Crippen LogP contribution is 2.28. The maximum atomic E-state index is 14.1. The van der Waals surface area contributed by atoms with Crippen LogP contribution in [-0.4, -0.2) is 20.3 Å². The molecule has 3 aromatic carbocycles. The lowest BCUT2D eigenvalue weighted by Gasteiger charge is -2.09. The molecule has 33 heavy (non-hydrogen) atoms. The summed E-state index contributed by atoms with van der Waals surface area (Å²) in [6.45, 7) is 2.18. The molecule has 0 radical (unpaired) electrons. The lowest BCUT2D eigenvalue weighted by atomic mass is 10.0. The maximum absolute atomic E-state index is 14.1. The summed E-state index contributed by atoms with van der Waals surface area (Å²) < 4.78 is 29.7. The normalized spacial score (nSPS) is 11.1. The average Bonchev–Trinajstić information content (AvgIpc) is 3.24. The van der Waals surface area contributed by atoms with Gasteiger partial charge >= 0.3 is 0 Å². The summed E-state index contributed by atoms with van der Waals surface area (Å²) in [5.41, 5.74) is 5.18. The summed E-state index contributed by atoms with van der Waals surface area (Å²) in [7, 11) is 0. The van der Waals surface area contributed by atoms with Gasteiger partial charge in [-0.3, -0.25) is 4.79 Å². The van der Waals surface area contributed by atoms with Gasteiger partial charge in [-0.1, -0.05) is 54.6 Å². The van der Waals surface area contributed by atoms with Crippen LogP contribution in [0.15, 0.2) is 85.2 Å². The monoisotopic (exact) mass is 439 g/mol. The van der Waals surface area contributed by atoms with Crippen molar-refractivity contribution < 1.29 is 13.6 Å². The van der Waals surface area contributed by atoms with Crippen LogP contribution in [0.3, 0.4) is 0 Å². The van der Waals surface area contributed by atoms with Crippen LogP contribution >= 0.6 is 0 Å². The molecule has 0 spiro atoms. The number of carbonyl (C=O) groups is 1. The van der Waals surface area contributed by atoms with Crippen LogP contribution < -0.4 is 0 Å². The van der Waals surface area contributed by atoms with Crippen LogP contribution in [-0.2, 0) is 6.54 Å². The molecular weight excluding hydrogens is 420 g/mol. The van der Waals surface area contributed by atoms with Crippen LogP contribution in [0.25, 0.3) is 33.9 Å². The smallest absolute Gasteiger partial charge is 0.169 e. The van der Waals surface area contributed by atoms with E-state index in [1.54, 1.807) is 6.92 Å². The molecule has 0 N–H and O–H groups in total. The summed E-state index contributed by atoms with van der Waals surface area (Å²) in [5.74, 6) is -1.65. The summed E-state index contributed by atoms with van der Waals surface area (Å²) in [6.07, 6.45) is 3.73. The van der Waals surface area contributed by atoms with Crippen molar-refractivity contribution in [1.29, 1.82) is 0 Å². The molecule has 2 aliphatic heterocycles. The van der Waals surface area contributed by atoms with Crippen molar-refractivity contribution in [3.63, 3.8) is 0 Å². The minimum Gasteiger partial charge on any atom is -0.348 e. The molecule has 2 heterocycles. The van der Waals surface area contributed by atoms with Crippen LogP contribution in [0.1, 0.15) is 22.8 Å². The van der Waals surface area contributed by atoms with Gasteiger partial charge in [-0.2, -0.15) is 0 Å². The number of fused-ring (bicyclic) bond motifs is 1. The quantitative estimate of drug-likeness (QED) is 0.304. The topological polar surface area (TPSA) is 47.8 Å². The fraction of sp³-hybridized carbons (Fsp3) is 0.0741. The second-order valence-corrected chi connectivity index (χ2v) is 7.87. The molecule has 0 aromatic heterocycles. The molecule has 0 saturated heterocycles. The van der Waals surface area contributed by atoms with Crippen LogP contribution in [0, 0.1) is 11.6 Å². The first-order chi connectivity index (χ1) is 16.0. The molecule has 0 unspecified atom stereocenters. The summed E-state index contributed by atoms with van der Waals surface area (Å²) in [5, 5.41) is 0. The van der Waals surface area contributed by atoms with Gasteiger partial charge in [0.2, 0.25) is 0 Å². The Hall–Kier alpha value is -4.19. The van der Waals surface area contributed by atoms with E-state index < -0.39 is 11.6 Å². The van der Waals surface area contributed by atoms with E-state index in [0.717, 1.165) is 22.8 Å². The zero-order valence-corrected chi connectivity index (χ0v) is 17.8. The molecule has 0 aliphatic carbocycles. The van der Waals surface area contributed by atoms with Gasteiger partial charge in [-0.15, -0.1) is 0 Å². The van der Waals surface area contributed by atoms with E-state index in [9.17, 15) is 13.6 Å². The molecule has 2 aliphatic rings. The summed E-state index contributed by atoms with van der Waals surface area (Å²) in [6, 6.07) is 21.5. The van der Waals surface area contributed by atoms with Crippen molar-refractivity contribution in [2.24, 2.45) is 0 Å². The lowest BCUT2D eigenvalue weighted by Crippen LogP contribution is -2.00. The third-order valence-electron chi connectivity index (χ3n) is 5.56. The number of aromatic nitrogens is 3. The SMILES string of the molecule is CC(=O)c1ccc(-c2ccc(Cn3ccc4nc(-c5cccc(F)c5F)nc-4c3)cc2)cc1. The molecular formula is C27H19F2N3O.